The average molecular weight is 217 g/mol. The van der Waals surface area contributed by atoms with Gasteiger partial charge in [0.2, 0.25) is 0 Å². The summed E-state index contributed by atoms with van der Waals surface area (Å²) in [4.78, 5) is 3.83. The Bertz CT molecular complexity index is 303. The largest absolute Gasteiger partial charge is 0.394 e. The van der Waals surface area contributed by atoms with Gasteiger partial charge in [0.25, 0.3) is 0 Å². The van der Waals surface area contributed by atoms with Crippen LogP contribution in [0.2, 0.25) is 5.02 Å². The molecular weight excluding hydrogens is 204 g/mol. The number of rotatable bonds is 4. The van der Waals surface area contributed by atoms with Crippen molar-refractivity contribution in [2.45, 2.75) is 12.5 Å². The smallest absolute Gasteiger partial charge is 0.0820 e. The Morgan fingerprint density at radius 3 is 2.64 bits per heavy atom. The van der Waals surface area contributed by atoms with Crippen molar-refractivity contribution in [2.24, 2.45) is 0 Å². The van der Waals surface area contributed by atoms with Crippen LogP contribution in [0.5, 0.6) is 0 Å². The van der Waals surface area contributed by atoms with E-state index < -0.39 is 5.54 Å². The number of nitrogens with zero attached hydrogens (tertiary/aromatic N) is 1. The predicted molar refractivity (Wildman–Crippen MR) is 55.4 cm³/mol. The molecule has 0 bridgehead atoms. The first-order chi connectivity index (χ1) is 6.61. The van der Waals surface area contributed by atoms with Gasteiger partial charge in [-0.2, -0.15) is 0 Å². The molecule has 78 valence electrons. The maximum atomic E-state index is 9.06. The van der Waals surface area contributed by atoms with Gasteiger partial charge in [0.15, 0.2) is 0 Å². The lowest BCUT2D eigenvalue weighted by molar-refractivity contribution is 0.147. The molecular formula is C9H13ClN2O2. The Morgan fingerprint density at radius 2 is 2.14 bits per heavy atom. The van der Waals surface area contributed by atoms with Gasteiger partial charge in [-0.1, -0.05) is 11.6 Å². The van der Waals surface area contributed by atoms with Gasteiger partial charge in [0, 0.05) is 12.4 Å². The number of hydrogen-bond donors (Lipinski definition) is 3. The second kappa shape index (κ2) is 4.59. The highest BCUT2D eigenvalue weighted by molar-refractivity contribution is 6.33. The molecule has 0 fully saturated rings. The zero-order chi connectivity index (χ0) is 10.6. The highest BCUT2D eigenvalue weighted by atomic mass is 35.5. The number of aliphatic hydroxyl groups is 2. The second-order valence-electron chi connectivity index (χ2n) is 3.36. The van der Waals surface area contributed by atoms with E-state index in [2.05, 4.69) is 10.3 Å². The Labute approximate surface area is 87.6 Å². The van der Waals surface area contributed by atoms with Gasteiger partial charge >= 0.3 is 0 Å². The molecule has 4 nitrogen and oxygen atoms in total. The maximum absolute atomic E-state index is 9.06. The molecule has 0 saturated carbocycles. The fraction of sp³-hybridized carbons (Fsp3) is 0.444. The second-order valence-corrected chi connectivity index (χ2v) is 3.76. The van der Waals surface area contributed by atoms with Crippen molar-refractivity contribution < 1.29 is 10.2 Å². The van der Waals surface area contributed by atoms with Crippen LogP contribution in [0.15, 0.2) is 18.5 Å². The van der Waals surface area contributed by atoms with Gasteiger partial charge in [-0.3, -0.25) is 4.98 Å². The summed E-state index contributed by atoms with van der Waals surface area (Å²) in [5.41, 5.74) is -0.127. The topological polar surface area (TPSA) is 65.4 Å². The summed E-state index contributed by atoms with van der Waals surface area (Å²) >= 11 is 5.86. The van der Waals surface area contributed by atoms with Crippen LogP contribution in [-0.2, 0) is 0 Å². The van der Waals surface area contributed by atoms with Crippen LogP contribution in [0, 0.1) is 0 Å². The molecule has 1 aromatic rings. The molecule has 5 heteroatoms. The van der Waals surface area contributed by atoms with Gasteiger partial charge in [-0.05, 0) is 13.0 Å². The first-order valence-corrected chi connectivity index (χ1v) is 4.58. The average Bonchev–Trinajstić information content (AvgIpc) is 2.21. The molecule has 14 heavy (non-hydrogen) atoms. The van der Waals surface area contributed by atoms with Gasteiger partial charge < -0.3 is 15.5 Å². The van der Waals surface area contributed by atoms with E-state index in [1.54, 1.807) is 19.2 Å². The summed E-state index contributed by atoms with van der Waals surface area (Å²) in [5, 5.41) is 21.5. The van der Waals surface area contributed by atoms with E-state index in [1.165, 1.54) is 6.20 Å². The molecule has 0 atom stereocenters. The lowest BCUT2D eigenvalue weighted by Crippen LogP contribution is -2.42. The summed E-state index contributed by atoms with van der Waals surface area (Å²) in [6, 6.07) is 1.69. The number of hydrogen-bond acceptors (Lipinski definition) is 4. The lowest BCUT2D eigenvalue weighted by atomic mass is 10.1. The summed E-state index contributed by atoms with van der Waals surface area (Å²) in [7, 11) is 0. The molecule has 0 aliphatic carbocycles. The highest BCUT2D eigenvalue weighted by Gasteiger charge is 2.22. The molecule has 0 aliphatic heterocycles. The van der Waals surface area contributed by atoms with Gasteiger partial charge in [0.1, 0.15) is 0 Å². The summed E-state index contributed by atoms with van der Waals surface area (Å²) in [6.07, 6.45) is 3.09. The highest BCUT2D eigenvalue weighted by Crippen LogP contribution is 2.22. The molecule has 0 amide bonds. The van der Waals surface area contributed by atoms with E-state index >= 15 is 0 Å². The SMILES string of the molecule is CC(CO)(CO)Nc1ccncc1Cl. The number of aliphatic hydroxyl groups excluding tert-OH is 2. The number of aromatic nitrogens is 1. The van der Waals surface area contributed by atoms with Crippen LogP contribution in [0.4, 0.5) is 5.69 Å². The normalized spacial score (nSPS) is 11.4. The fourth-order valence-electron chi connectivity index (χ4n) is 0.931. The summed E-state index contributed by atoms with van der Waals surface area (Å²) < 4.78 is 0. The summed E-state index contributed by atoms with van der Waals surface area (Å²) in [5.74, 6) is 0. The van der Waals surface area contributed by atoms with Crippen molar-refractivity contribution in [3.05, 3.63) is 23.5 Å². The molecule has 0 saturated heterocycles. The zero-order valence-electron chi connectivity index (χ0n) is 7.87. The lowest BCUT2D eigenvalue weighted by Gasteiger charge is -2.27. The summed E-state index contributed by atoms with van der Waals surface area (Å²) in [6.45, 7) is 1.34. The van der Waals surface area contributed by atoms with Crippen molar-refractivity contribution in [3.63, 3.8) is 0 Å². The van der Waals surface area contributed by atoms with Gasteiger partial charge in [-0.15, -0.1) is 0 Å². The standard InChI is InChI=1S/C9H13ClN2O2/c1-9(5-13,6-14)12-8-2-3-11-4-7(8)10/h2-4,13-14H,5-6H2,1H3,(H,11,12). The Kier molecular flexibility index (Phi) is 3.69. The maximum Gasteiger partial charge on any atom is 0.0820 e. The van der Waals surface area contributed by atoms with Crippen molar-refractivity contribution in [2.75, 3.05) is 18.5 Å². The molecule has 0 radical (unpaired) electrons. The van der Waals surface area contributed by atoms with Gasteiger partial charge in [0.05, 0.1) is 29.5 Å². The fourth-order valence-corrected chi connectivity index (χ4v) is 1.10. The minimum atomic E-state index is -0.773. The third-order valence-corrected chi connectivity index (χ3v) is 2.21. The van der Waals surface area contributed by atoms with Crippen LogP contribution in [0.3, 0.4) is 0 Å². The number of nitrogens with one attached hydrogen (secondary N) is 1. The van der Waals surface area contributed by atoms with E-state index in [4.69, 9.17) is 21.8 Å². The molecule has 1 rings (SSSR count). The molecule has 0 unspecified atom stereocenters. The van der Waals surface area contributed by atoms with Crippen molar-refractivity contribution >= 4 is 17.3 Å². The minimum Gasteiger partial charge on any atom is -0.394 e. The zero-order valence-corrected chi connectivity index (χ0v) is 8.62. The van der Waals surface area contributed by atoms with Crippen LogP contribution in [0.25, 0.3) is 0 Å². The van der Waals surface area contributed by atoms with Crippen LogP contribution in [0.1, 0.15) is 6.92 Å². The molecule has 1 heterocycles. The van der Waals surface area contributed by atoms with Crippen LogP contribution < -0.4 is 5.32 Å². The predicted octanol–water partition coefficient (Wildman–Crippen LogP) is 0.890. The van der Waals surface area contributed by atoms with E-state index in [9.17, 15) is 0 Å². The van der Waals surface area contributed by atoms with Gasteiger partial charge in [-0.25, -0.2) is 0 Å². The molecule has 0 aromatic carbocycles. The number of halogens is 1. The van der Waals surface area contributed by atoms with E-state index in [-0.39, 0.29) is 13.2 Å². The first-order valence-electron chi connectivity index (χ1n) is 4.21. The third kappa shape index (κ3) is 2.57. The Morgan fingerprint density at radius 1 is 1.50 bits per heavy atom. The van der Waals surface area contributed by atoms with Crippen molar-refractivity contribution in [1.29, 1.82) is 0 Å². The minimum absolute atomic E-state index is 0.178. The molecule has 0 aliphatic rings. The van der Waals surface area contributed by atoms with Crippen molar-refractivity contribution in [3.8, 4) is 0 Å². The third-order valence-electron chi connectivity index (χ3n) is 1.91. The van der Waals surface area contributed by atoms with E-state index in [0.717, 1.165) is 0 Å². The van der Waals surface area contributed by atoms with Crippen molar-refractivity contribution in [1.82, 2.24) is 4.98 Å². The molecule has 3 N–H and O–H groups in total. The monoisotopic (exact) mass is 216 g/mol. The van der Waals surface area contributed by atoms with E-state index in [0.29, 0.717) is 10.7 Å². The molecule has 0 spiro atoms. The molecule has 1 aromatic heterocycles. The Balaban J connectivity index is 2.82. The number of pyridine rings is 1. The Hall–Kier alpha value is -0.840. The number of anilines is 1. The van der Waals surface area contributed by atoms with Crippen LogP contribution >= 0.6 is 11.6 Å². The first kappa shape index (κ1) is 11.2. The van der Waals surface area contributed by atoms with Crippen LogP contribution in [-0.4, -0.2) is 33.9 Å². The quantitative estimate of drug-likeness (QED) is 0.700. The van der Waals surface area contributed by atoms with E-state index in [1.807, 2.05) is 0 Å².